The van der Waals surface area contributed by atoms with E-state index in [1.54, 1.807) is 13.2 Å². The molecule has 0 heterocycles. The Bertz CT molecular complexity index is 788. The maximum atomic E-state index is 8.00. The van der Waals surface area contributed by atoms with E-state index in [1.807, 2.05) is 32.8 Å². The number of ether oxygens (including phenoxy) is 2. The largest absolute Gasteiger partial charge is 0.496 e. The number of allylic oxidation sites excluding steroid dienone is 4. The van der Waals surface area contributed by atoms with Crippen LogP contribution in [0.25, 0.3) is 0 Å². The summed E-state index contributed by atoms with van der Waals surface area (Å²) >= 11 is 0. The third kappa shape index (κ3) is 25.1. The number of rotatable bonds is 12. The molecule has 1 aromatic rings. The van der Waals surface area contributed by atoms with Crippen molar-refractivity contribution in [1.29, 1.82) is 0 Å². The van der Waals surface area contributed by atoms with Crippen molar-refractivity contribution in [1.82, 2.24) is 0 Å². The van der Waals surface area contributed by atoms with Gasteiger partial charge in [0.05, 0.1) is 12.9 Å². The molecule has 0 saturated heterocycles. The van der Waals surface area contributed by atoms with Crippen LogP contribution in [0.2, 0.25) is 0 Å². The monoisotopic (exact) mass is 540 g/mol. The molecular weight excluding hydrogens is 480 g/mol. The zero-order chi connectivity index (χ0) is 31.0. The van der Waals surface area contributed by atoms with Gasteiger partial charge in [-0.2, -0.15) is 0 Å². The molecule has 0 atom stereocenters. The van der Waals surface area contributed by atoms with Gasteiger partial charge in [-0.15, -0.1) is 25.0 Å². The molecule has 0 aliphatic carbocycles. The lowest BCUT2D eigenvalue weighted by molar-refractivity contribution is -0.0980. The molecule has 0 bridgehead atoms. The minimum atomic E-state index is 0.557. The molecule has 0 N–H and O–H groups in total. The van der Waals surface area contributed by atoms with E-state index in [2.05, 4.69) is 97.4 Å². The number of aryl methyl sites for hydroxylation is 1. The van der Waals surface area contributed by atoms with Crippen molar-refractivity contribution in [3.8, 4) is 17.6 Å². The van der Waals surface area contributed by atoms with Gasteiger partial charge in [-0.3, -0.25) is 0 Å². The van der Waals surface area contributed by atoms with Crippen LogP contribution in [0.5, 0.6) is 5.75 Å². The van der Waals surface area contributed by atoms with Crippen LogP contribution in [-0.2, 0) is 16.0 Å². The van der Waals surface area contributed by atoms with Gasteiger partial charge in [0.15, 0.2) is 0 Å². The number of hydrogen-bond acceptors (Lipinski definition) is 3. The van der Waals surface area contributed by atoms with Gasteiger partial charge in [0.2, 0.25) is 0 Å². The fraction of sp³-hybridized carbons (Fsp3) is 0.528. The van der Waals surface area contributed by atoms with Crippen molar-refractivity contribution in [3.05, 3.63) is 79.1 Å². The summed E-state index contributed by atoms with van der Waals surface area (Å²) < 4.78 is 10.4. The molecule has 0 aromatic heterocycles. The van der Waals surface area contributed by atoms with E-state index >= 15 is 0 Å². The molecule has 1 aromatic carbocycles. The second-order valence-corrected chi connectivity index (χ2v) is 8.62. The van der Waals surface area contributed by atoms with Gasteiger partial charge < -0.3 is 14.3 Å². The Morgan fingerprint density at radius 2 is 1.44 bits per heavy atom. The second-order valence-electron chi connectivity index (χ2n) is 8.62. The normalized spacial score (nSPS) is 9.51. The van der Waals surface area contributed by atoms with Gasteiger partial charge in [-0.1, -0.05) is 97.7 Å². The third-order valence-electron chi connectivity index (χ3n) is 6.22. The Morgan fingerprint density at radius 1 is 0.897 bits per heavy atom. The van der Waals surface area contributed by atoms with Crippen LogP contribution >= 0.6 is 0 Å². The lowest BCUT2D eigenvalue weighted by atomic mass is 9.77. The van der Waals surface area contributed by atoms with E-state index in [-0.39, 0.29) is 0 Å². The lowest BCUT2D eigenvalue weighted by Crippen LogP contribution is -2.16. The number of methoxy groups -OCH3 is 1. The zero-order valence-electron chi connectivity index (χ0n) is 27.0. The molecule has 39 heavy (non-hydrogen) atoms. The third-order valence-corrected chi connectivity index (χ3v) is 6.22. The summed E-state index contributed by atoms with van der Waals surface area (Å²) in [5.41, 5.74) is 2.97. The quantitative estimate of drug-likeness (QED) is 0.150. The topological polar surface area (TPSA) is 35.5 Å². The highest BCUT2D eigenvalue weighted by Crippen LogP contribution is 2.34. The minimum absolute atomic E-state index is 0.557. The van der Waals surface area contributed by atoms with E-state index in [4.69, 9.17) is 14.3 Å². The summed E-state index contributed by atoms with van der Waals surface area (Å²) in [6.45, 7) is 30.7. The van der Waals surface area contributed by atoms with Gasteiger partial charge in [0.1, 0.15) is 19.1 Å². The SMILES string of the molecule is C=CCC(CC)(CC)CC.C=CCO/C(=C\C)CC.C=CCc1ccc(C)c(OC)c1.C=O.CCC#CCC. The molecule has 0 aliphatic rings. The van der Waals surface area contributed by atoms with Crippen molar-refractivity contribution in [2.75, 3.05) is 13.7 Å². The predicted molar refractivity (Wildman–Crippen MR) is 175 cm³/mol. The fourth-order valence-corrected chi connectivity index (χ4v) is 3.45. The van der Waals surface area contributed by atoms with E-state index < -0.39 is 0 Å². The van der Waals surface area contributed by atoms with Gasteiger partial charge in [0.25, 0.3) is 0 Å². The van der Waals surface area contributed by atoms with Crippen molar-refractivity contribution in [3.63, 3.8) is 0 Å². The van der Waals surface area contributed by atoms with Crippen molar-refractivity contribution in [2.24, 2.45) is 5.41 Å². The van der Waals surface area contributed by atoms with Gasteiger partial charge in [-0.25, -0.2) is 0 Å². The summed E-state index contributed by atoms with van der Waals surface area (Å²) in [6, 6.07) is 6.22. The van der Waals surface area contributed by atoms with E-state index in [9.17, 15) is 0 Å². The molecule has 222 valence electrons. The van der Waals surface area contributed by atoms with Crippen LogP contribution in [0.15, 0.2) is 68.0 Å². The zero-order valence-corrected chi connectivity index (χ0v) is 27.0. The number of hydrogen-bond donors (Lipinski definition) is 0. The van der Waals surface area contributed by atoms with E-state index in [0.717, 1.165) is 37.2 Å². The standard InChI is InChI=1S/C11H14O.C10H20.C8H14O.C6H10.CH2O/c1-4-5-10-7-6-9(2)11(8-10)12-3;1-5-9-10(6-2,7-3)8-4;1-4-7-9-8(5-2)6-3;1-3-5-6-4-2;1-2/h4,6-8H,1,5H2,2-3H3;5H,1,6-9H2,2-4H3;4-5H,1,6-7H2,2-3H3;3-4H2,1-2H3;1H2/b;;8-5-;;. The fourth-order valence-electron chi connectivity index (χ4n) is 3.45. The van der Waals surface area contributed by atoms with Crippen LogP contribution in [0.1, 0.15) is 105 Å². The van der Waals surface area contributed by atoms with Crippen LogP contribution < -0.4 is 4.74 Å². The molecule has 1 rings (SSSR count). The second kappa shape index (κ2) is 33.0. The Balaban J connectivity index is -0.000000210. The van der Waals surface area contributed by atoms with E-state index in [0.29, 0.717) is 12.0 Å². The highest BCUT2D eigenvalue weighted by molar-refractivity contribution is 5.37. The minimum Gasteiger partial charge on any atom is -0.496 e. The first kappa shape index (κ1) is 43.1. The summed E-state index contributed by atoms with van der Waals surface area (Å²) in [5, 5.41) is 0. The molecule has 0 amide bonds. The lowest BCUT2D eigenvalue weighted by Gasteiger charge is -2.28. The van der Waals surface area contributed by atoms with Crippen molar-refractivity contribution in [2.45, 2.75) is 107 Å². The molecule has 0 aliphatic heterocycles. The Labute approximate surface area is 243 Å². The Hall–Kier alpha value is -2.99. The molecular formula is C36H60O3. The average molecular weight is 541 g/mol. The first-order valence-corrected chi connectivity index (χ1v) is 14.3. The molecule has 0 fully saturated rings. The predicted octanol–water partition coefficient (Wildman–Crippen LogP) is 10.6. The van der Waals surface area contributed by atoms with Crippen LogP contribution in [0.4, 0.5) is 0 Å². The molecule has 0 radical (unpaired) electrons. The smallest absolute Gasteiger partial charge is 0.122 e. The first-order valence-electron chi connectivity index (χ1n) is 14.3. The highest BCUT2D eigenvalue weighted by Gasteiger charge is 2.21. The molecule has 0 spiro atoms. The summed E-state index contributed by atoms with van der Waals surface area (Å²) in [5.74, 6) is 7.89. The van der Waals surface area contributed by atoms with Crippen molar-refractivity contribution >= 4 is 6.79 Å². The van der Waals surface area contributed by atoms with Gasteiger partial charge >= 0.3 is 0 Å². The highest BCUT2D eigenvalue weighted by atomic mass is 16.5. The molecule has 3 nitrogen and oxygen atoms in total. The number of benzene rings is 1. The maximum absolute atomic E-state index is 8.00. The van der Waals surface area contributed by atoms with Crippen molar-refractivity contribution < 1.29 is 14.3 Å². The average Bonchev–Trinajstić information content (AvgIpc) is 2.98. The number of carbonyl (C=O) groups excluding carboxylic acids is 1. The maximum Gasteiger partial charge on any atom is 0.122 e. The molecule has 3 heteroatoms. The van der Waals surface area contributed by atoms with Gasteiger partial charge in [0, 0.05) is 19.3 Å². The Kier molecular flexibility index (Phi) is 36.5. The Morgan fingerprint density at radius 3 is 1.74 bits per heavy atom. The van der Waals surface area contributed by atoms with Crippen LogP contribution in [0, 0.1) is 24.2 Å². The summed E-state index contributed by atoms with van der Waals surface area (Å²) in [7, 11) is 1.69. The molecule has 0 saturated carbocycles. The summed E-state index contributed by atoms with van der Waals surface area (Å²) in [6.07, 6.45) is 16.5. The number of carbonyl (C=O) groups is 1. The van der Waals surface area contributed by atoms with E-state index in [1.165, 1.54) is 36.8 Å². The first-order chi connectivity index (χ1) is 18.8. The van der Waals surface area contributed by atoms with Crippen LogP contribution in [-0.4, -0.2) is 20.5 Å². The van der Waals surface area contributed by atoms with Gasteiger partial charge in [-0.05, 0) is 55.4 Å². The summed E-state index contributed by atoms with van der Waals surface area (Å²) in [4.78, 5) is 8.00. The molecule has 0 unspecified atom stereocenters. The van der Waals surface area contributed by atoms with Crippen LogP contribution in [0.3, 0.4) is 0 Å².